The quantitative estimate of drug-likeness (QED) is 0.807. The topological polar surface area (TPSA) is 50.4 Å². The molecular formula is C14H21BrN2O2. The summed E-state index contributed by atoms with van der Waals surface area (Å²) in [4.78, 5) is 11.5. The van der Waals surface area contributed by atoms with E-state index in [1.807, 2.05) is 18.2 Å². The van der Waals surface area contributed by atoms with Crippen molar-refractivity contribution in [3.05, 3.63) is 28.2 Å². The first-order chi connectivity index (χ1) is 9.02. The number of halogens is 1. The van der Waals surface area contributed by atoms with E-state index in [1.165, 1.54) is 0 Å². The highest BCUT2D eigenvalue weighted by Gasteiger charge is 2.04. The first-order valence-electron chi connectivity index (χ1n) is 6.32. The zero-order chi connectivity index (χ0) is 14.3. The molecule has 0 aliphatic rings. The molecule has 0 radical (unpaired) electrons. The van der Waals surface area contributed by atoms with Crippen molar-refractivity contribution in [1.29, 1.82) is 0 Å². The average Bonchev–Trinajstić information content (AvgIpc) is 2.36. The Bertz CT molecular complexity index is 422. The highest BCUT2D eigenvalue weighted by atomic mass is 79.9. The molecule has 2 N–H and O–H groups in total. The number of amides is 1. The van der Waals surface area contributed by atoms with Gasteiger partial charge in [0.1, 0.15) is 5.75 Å². The molecule has 0 unspecified atom stereocenters. The number of carbonyl (C=O) groups excluding carboxylic acids is 1. The molecule has 0 spiro atoms. The minimum Gasteiger partial charge on any atom is -0.496 e. The molecule has 19 heavy (non-hydrogen) atoms. The van der Waals surface area contributed by atoms with Crippen molar-refractivity contribution in [2.75, 3.05) is 20.2 Å². The van der Waals surface area contributed by atoms with E-state index >= 15 is 0 Å². The Morgan fingerprint density at radius 1 is 1.42 bits per heavy atom. The molecule has 1 rings (SSSR count). The summed E-state index contributed by atoms with van der Waals surface area (Å²) < 4.78 is 6.08. The molecule has 0 fully saturated rings. The minimum atomic E-state index is 0.0290. The smallest absolute Gasteiger partial charge is 0.233 e. The predicted molar refractivity (Wildman–Crippen MR) is 80.2 cm³/mol. The highest BCUT2D eigenvalue weighted by molar-refractivity contribution is 9.10. The standard InChI is InChI=1S/C14H21BrN2O2/c1-10(2)7-17-14(18)9-16-8-11-4-5-13(19-3)12(15)6-11/h4-6,10,16H,7-9H2,1-3H3,(H,17,18). The molecule has 0 atom stereocenters. The molecule has 0 aliphatic heterocycles. The third-order valence-corrected chi connectivity index (χ3v) is 3.16. The molecule has 0 bridgehead atoms. The van der Waals surface area contributed by atoms with Crippen LogP contribution in [0.4, 0.5) is 0 Å². The first kappa shape index (κ1) is 16.0. The second-order valence-electron chi connectivity index (χ2n) is 4.77. The van der Waals surface area contributed by atoms with E-state index < -0.39 is 0 Å². The number of benzene rings is 1. The lowest BCUT2D eigenvalue weighted by Crippen LogP contribution is -2.35. The number of hydrogen-bond donors (Lipinski definition) is 2. The SMILES string of the molecule is COc1ccc(CNCC(=O)NCC(C)C)cc1Br. The lowest BCUT2D eigenvalue weighted by atomic mass is 10.2. The van der Waals surface area contributed by atoms with Gasteiger partial charge in [-0.1, -0.05) is 19.9 Å². The van der Waals surface area contributed by atoms with Gasteiger partial charge in [-0.25, -0.2) is 0 Å². The Morgan fingerprint density at radius 2 is 2.16 bits per heavy atom. The fraction of sp³-hybridized carbons (Fsp3) is 0.500. The van der Waals surface area contributed by atoms with Crippen LogP contribution >= 0.6 is 15.9 Å². The van der Waals surface area contributed by atoms with Gasteiger partial charge >= 0.3 is 0 Å². The Labute approximate surface area is 123 Å². The maximum atomic E-state index is 11.5. The molecule has 1 aromatic carbocycles. The first-order valence-corrected chi connectivity index (χ1v) is 7.12. The van der Waals surface area contributed by atoms with E-state index in [2.05, 4.69) is 40.4 Å². The predicted octanol–water partition coefficient (Wildman–Crippen LogP) is 2.32. The summed E-state index contributed by atoms with van der Waals surface area (Å²) in [6, 6.07) is 5.86. The fourth-order valence-electron chi connectivity index (χ4n) is 1.52. The summed E-state index contributed by atoms with van der Waals surface area (Å²) in [7, 11) is 1.64. The summed E-state index contributed by atoms with van der Waals surface area (Å²) in [5.41, 5.74) is 1.10. The van der Waals surface area contributed by atoms with Crippen LogP contribution in [0.25, 0.3) is 0 Å². The van der Waals surface area contributed by atoms with E-state index in [1.54, 1.807) is 7.11 Å². The Morgan fingerprint density at radius 3 is 2.74 bits per heavy atom. The van der Waals surface area contributed by atoms with Crippen molar-refractivity contribution in [2.24, 2.45) is 5.92 Å². The van der Waals surface area contributed by atoms with Crippen LogP contribution in [0.3, 0.4) is 0 Å². The lowest BCUT2D eigenvalue weighted by molar-refractivity contribution is -0.120. The van der Waals surface area contributed by atoms with Gasteiger partial charge in [0, 0.05) is 13.1 Å². The number of nitrogens with one attached hydrogen (secondary N) is 2. The normalized spacial score (nSPS) is 10.6. The van der Waals surface area contributed by atoms with Crippen LogP contribution in [0, 0.1) is 5.92 Å². The van der Waals surface area contributed by atoms with Gasteiger partial charge in [-0.3, -0.25) is 4.79 Å². The van der Waals surface area contributed by atoms with E-state index in [4.69, 9.17) is 4.74 Å². The van der Waals surface area contributed by atoms with E-state index in [-0.39, 0.29) is 5.91 Å². The minimum absolute atomic E-state index is 0.0290. The van der Waals surface area contributed by atoms with Gasteiger partial charge in [-0.15, -0.1) is 0 Å². The molecule has 5 heteroatoms. The van der Waals surface area contributed by atoms with Gasteiger partial charge in [-0.2, -0.15) is 0 Å². The van der Waals surface area contributed by atoms with Gasteiger partial charge in [-0.05, 0) is 39.5 Å². The monoisotopic (exact) mass is 328 g/mol. The van der Waals surface area contributed by atoms with Crippen molar-refractivity contribution >= 4 is 21.8 Å². The van der Waals surface area contributed by atoms with Crippen molar-refractivity contribution in [1.82, 2.24) is 10.6 Å². The zero-order valence-corrected chi connectivity index (χ0v) is 13.2. The molecule has 0 aliphatic carbocycles. The van der Waals surface area contributed by atoms with Gasteiger partial charge in [0.25, 0.3) is 0 Å². The van der Waals surface area contributed by atoms with E-state index in [0.29, 0.717) is 25.6 Å². The Hall–Kier alpha value is -1.07. The van der Waals surface area contributed by atoms with Crippen LogP contribution in [-0.4, -0.2) is 26.1 Å². The van der Waals surface area contributed by atoms with Gasteiger partial charge in [0.2, 0.25) is 5.91 Å². The second-order valence-corrected chi connectivity index (χ2v) is 5.62. The molecule has 1 aromatic rings. The van der Waals surface area contributed by atoms with Crippen LogP contribution in [0.2, 0.25) is 0 Å². The summed E-state index contributed by atoms with van der Waals surface area (Å²) in [6.45, 7) is 5.84. The van der Waals surface area contributed by atoms with Crippen LogP contribution < -0.4 is 15.4 Å². The summed E-state index contributed by atoms with van der Waals surface area (Å²) in [5.74, 6) is 1.31. The van der Waals surface area contributed by atoms with Crippen molar-refractivity contribution in [3.8, 4) is 5.75 Å². The zero-order valence-electron chi connectivity index (χ0n) is 11.6. The largest absolute Gasteiger partial charge is 0.496 e. The van der Waals surface area contributed by atoms with Crippen LogP contribution in [0.15, 0.2) is 22.7 Å². The van der Waals surface area contributed by atoms with Crippen molar-refractivity contribution < 1.29 is 9.53 Å². The fourth-order valence-corrected chi connectivity index (χ4v) is 2.11. The maximum Gasteiger partial charge on any atom is 0.233 e. The molecule has 4 nitrogen and oxygen atoms in total. The number of ether oxygens (including phenoxy) is 1. The van der Waals surface area contributed by atoms with Crippen molar-refractivity contribution in [3.63, 3.8) is 0 Å². The van der Waals surface area contributed by atoms with Gasteiger partial charge in [0.05, 0.1) is 18.1 Å². The van der Waals surface area contributed by atoms with Gasteiger partial charge in [0.15, 0.2) is 0 Å². The molecular weight excluding hydrogens is 308 g/mol. The average molecular weight is 329 g/mol. The van der Waals surface area contributed by atoms with Crippen LogP contribution in [0.1, 0.15) is 19.4 Å². The second kappa shape index (κ2) is 8.17. The van der Waals surface area contributed by atoms with E-state index in [9.17, 15) is 4.79 Å². The van der Waals surface area contributed by atoms with E-state index in [0.717, 1.165) is 15.8 Å². The summed E-state index contributed by atoms with van der Waals surface area (Å²) >= 11 is 3.44. The Balaban J connectivity index is 2.33. The molecule has 0 saturated heterocycles. The molecule has 106 valence electrons. The third-order valence-electron chi connectivity index (χ3n) is 2.54. The van der Waals surface area contributed by atoms with Crippen LogP contribution in [-0.2, 0) is 11.3 Å². The van der Waals surface area contributed by atoms with Crippen molar-refractivity contribution in [2.45, 2.75) is 20.4 Å². The molecule has 1 amide bonds. The lowest BCUT2D eigenvalue weighted by Gasteiger charge is -2.09. The highest BCUT2D eigenvalue weighted by Crippen LogP contribution is 2.25. The molecule has 0 saturated carbocycles. The number of hydrogen-bond acceptors (Lipinski definition) is 3. The summed E-state index contributed by atoms with van der Waals surface area (Å²) in [5, 5.41) is 5.98. The number of methoxy groups -OCH3 is 1. The molecule has 0 aromatic heterocycles. The van der Waals surface area contributed by atoms with Gasteiger partial charge < -0.3 is 15.4 Å². The van der Waals surface area contributed by atoms with Crippen LogP contribution in [0.5, 0.6) is 5.75 Å². The third kappa shape index (κ3) is 6.07. The number of carbonyl (C=O) groups is 1. The molecule has 0 heterocycles. The Kier molecular flexibility index (Phi) is 6.87. The number of rotatable bonds is 7. The summed E-state index contributed by atoms with van der Waals surface area (Å²) in [6.07, 6.45) is 0. The maximum absolute atomic E-state index is 11.5.